The highest BCUT2D eigenvalue weighted by Crippen LogP contribution is 2.28. The van der Waals surface area contributed by atoms with Gasteiger partial charge in [0, 0.05) is 32.4 Å². The van der Waals surface area contributed by atoms with Crippen molar-refractivity contribution in [2.75, 3.05) is 19.4 Å². The molecule has 0 saturated carbocycles. The zero-order valence-corrected chi connectivity index (χ0v) is 19.7. The molecular weight excluding hydrogens is 434 g/mol. The van der Waals surface area contributed by atoms with Crippen LogP contribution in [-0.4, -0.2) is 52.7 Å². The Morgan fingerprint density at radius 3 is 2.52 bits per heavy atom. The van der Waals surface area contributed by atoms with Gasteiger partial charge in [-0.15, -0.1) is 10.2 Å². The molecule has 10 heteroatoms. The van der Waals surface area contributed by atoms with Crippen LogP contribution in [0.5, 0.6) is 0 Å². The first-order valence-electron chi connectivity index (χ1n) is 9.56. The molecule has 1 N–H and O–H groups in total. The third-order valence-electron chi connectivity index (χ3n) is 4.75. The summed E-state index contributed by atoms with van der Waals surface area (Å²) < 4.78 is 27.6. The van der Waals surface area contributed by atoms with E-state index in [2.05, 4.69) is 15.5 Å². The Morgan fingerprint density at radius 1 is 1.13 bits per heavy atom. The van der Waals surface area contributed by atoms with Crippen molar-refractivity contribution in [2.24, 2.45) is 7.05 Å². The summed E-state index contributed by atoms with van der Waals surface area (Å²) in [5, 5.41) is 11.5. The lowest BCUT2D eigenvalue weighted by Crippen LogP contribution is -2.24. The Balaban J connectivity index is 1.73. The molecule has 0 spiro atoms. The maximum absolute atomic E-state index is 12.7. The molecule has 1 heterocycles. The number of aromatic nitrogens is 3. The SMILES string of the molecule is Cc1ccccc1-c1nnc(SC(C)C(=O)Nc2cccc(S(=O)(=O)N(C)C)c2)n1C. The van der Waals surface area contributed by atoms with Crippen molar-refractivity contribution in [3.05, 3.63) is 54.1 Å². The average molecular weight is 460 g/mol. The minimum absolute atomic E-state index is 0.117. The smallest absolute Gasteiger partial charge is 0.242 e. The number of aryl methyl sites for hydroxylation is 1. The predicted octanol–water partition coefficient (Wildman–Crippen LogP) is 3.16. The van der Waals surface area contributed by atoms with Gasteiger partial charge < -0.3 is 9.88 Å². The van der Waals surface area contributed by atoms with Crippen molar-refractivity contribution in [3.63, 3.8) is 0 Å². The number of hydrogen-bond donors (Lipinski definition) is 1. The third-order valence-corrected chi connectivity index (χ3v) is 7.70. The van der Waals surface area contributed by atoms with Gasteiger partial charge in [-0.3, -0.25) is 4.79 Å². The van der Waals surface area contributed by atoms with Gasteiger partial charge in [0.2, 0.25) is 15.9 Å². The Bertz CT molecular complexity index is 1210. The molecular formula is C21H25N5O3S2. The fourth-order valence-electron chi connectivity index (χ4n) is 2.88. The van der Waals surface area contributed by atoms with Gasteiger partial charge in [0.05, 0.1) is 10.1 Å². The molecule has 1 aromatic heterocycles. The highest BCUT2D eigenvalue weighted by molar-refractivity contribution is 8.00. The van der Waals surface area contributed by atoms with E-state index in [1.165, 1.54) is 38.0 Å². The number of nitrogens with zero attached hydrogens (tertiary/aromatic N) is 4. The second-order valence-corrected chi connectivity index (χ2v) is 10.7. The normalized spacial score (nSPS) is 12.7. The number of carbonyl (C=O) groups excluding carboxylic acids is 1. The number of nitrogens with one attached hydrogen (secondary N) is 1. The Labute approximate surface area is 186 Å². The average Bonchev–Trinajstić information content (AvgIpc) is 3.08. The fourth-order valence-corrected chi connectivity index (χ4v) is 4.64. The van der Waals surface area contributed by atoms with Crippen molar-refractivity contribution in [2.45, 2.75) is 29.1 Å². The van der Waals surface area contributed by atoms with Crippen LogP contribution in [0.1, 0.15) is 12.5 Å². The van der Waals surface area contributed by atoms with Crippen LogP contribution in [0, 0.1) is 6.92 Å². The van der Waals surface area contributed by atoms with Crippen molar-refractivity contribution < 1.29 is 13.2 Å². The van der Waals surface area contributed by atoms with Crippen LogP contribution in [0.25, 0.3) is 11.4 Å². The van der Waals surface area contributed by atoms with E-state index < -0.39 is 15.3 Å². The highest BCUT2D eigenvalue weighted by atomic mass is 32.2. The summed E-state index contributed by atoms with van der Waals surface area (Å²) in [4.78, 5) is 12.8. The third kappa shape index (κ3) is 4.97. The molecule has 1 amide bonds. The summed E-state index contributed by atoms with van der Waals surface area (Å²) in [6.07, 6.45) is 0. The summed E-state index contributed by atoms with van der Waals surface area (Å²) in [5.74, 6) is 0.472. The summed E-state index contributed by atoms with van der Waals surface area (Å²) >= 11 is 1.28. The molecule has 1 unspecified atom stereocenters. The molecule has 2 aromatic carbocycles. The zero-order chi connectivity index (χ0) is 22.8. The van der Waals surface area contributed by atoms with Crippen LogP contribution in [0.3, 0.4) is 0 Å². The molecule has 0 bridgehead atoms. The number of rotatable bonds is 7. The molecule has 0 saturated heterocycles. The van der Waals surface area contributed by atoms with E-state index in [1.54, 1.807) is 19.1 Å². The van der Waals surface area contributed by atoms with Gasteiger partial charge in [0.1, 0.15) is 0 Å². The molecule has 1 atom stereocenters. The molecule has 3 aromatic rings. The van der Waals surface area contributed by atoms with Gasteiger partial charge in [-0.1, -0.05) is 42.1 Å². The molecule has 0 aliphatic heterocycles. The van der Waals surface area contributed by atoms with Crippen LogP contribution in [-0.2, 0) is 21.9 Å². The Morgan fingerprint density at radius 2 is 1.84 bits per heavy atom. The van der Waals surface area contributed by atoms with E-state index in [-0.39, 0.29) is 10.8 Å². The Hall–Kier alpha value is -2.69. The minimum Gasteiger partial charge on any atom is -0.325 e. The summed E-state index contributed by atoms with van der Waals surface area (Å²) in [7, 11) is 1.21. The van der Waals surface area contributed by atoms with Crippen LogP contribution in [0.4, 0.5) is 5.69 Å². The number of thioether (sulfide) groups is 1. The fraction of sp³-hybridized carbons (Fsp3) is 0.286. The Kier molecular flexibility index (Phi) is 6.83. The van der Waals surface area contributed by atoms with Crippen molar-refractivity contribution in [1.82, 2.24) is 19.1 Å². The first-order chi connectivity index (χ1) is 14.6. The van der Waals surface area contributed by atoms with Gasteiger partial charge in [0.25, 0.3) is 0 Å². The van der Waals surface area contributed by atoms with Crippen LogP contribution >= 0.6 is 11.8 Å². The summed E-state index contributed by atoms with van der Waals surface area (Å²) in [5.41, 5.74) is 2.49. The molecule has 0 aliphatic rings. The second-order valence-electron chi connectivity index (χ2n) is 7.24. The second kappa shape index (κ2) is 9.21. The van der Waals surface area contributed by atoms with E-state index >= 15 is 0 Å². The van der Waals surface area contributed by atoms with E-state index in [0.29, 0.717) is 10.8 Å². The molecule has 8 nitrogen and oxygen atoms in total. The quantitative estimate of drug-likeness (QED) is 0.545. The number of hydrogen-bond acceptors (Lipinski definition) is 6. The van der Waals surface area contributed by atoms with Crippen molar-refractivity contribution in [3.8, 4) is 11.4 Å². The zero-order valence-electron chi connectivity index (χ0n) is 18.0. The number of anilines is 1. The van der Waals surface area contributed by atoms with Crippen LogP contribution in [0.2, 0.25) is 0 Å². The van der Waals surface area contributed by atoms with Gasteiger partial charge >= 0.3 is 0 Å². The predicted molar refractivity (Wildman–Crippen MR) is 122 cm³/mol. The lowest BCUT2D eigenvalue weighted by Gasteiger charge is -2.14. The van der Waals surface area contributed by atoms with Gasteiger partial charge in [-0.25, -0.2) is 12.7 Å². The number of benzene rings is 2. The van der Waals surface area contributed by atoms with E-state index in [9.17, 15) is 13.2 Å². The lowest BCUT2D eigenvalue weighted by atomic mass is 10.1. The standard InChI is InChI=1S/C21H25N5O3S2/c1-14-9-6-7-12-18(14)19-23-24-21(26(19)5)30-15(2)20(27)22-16-10-8-11-17(13-16)31(28,29)25(3)4/h6-13,15H,1-5H3,(H,22,27). The topological polar surface area (TPSA) is 97.2 Å². The van der Waals surface area contributed by atoms with E-state index in [4.69, 9.17) is 0 Å². The van der Waals surface area contributed by atoms with Crippen molar-refractivity contribution >= 4 is 33.4 Å². The number of carbonyl (C=O) groups is 1. The van der Waals surface area contributed by atoms with E-state index in [0.717, 1.165) is 21.3 Å². The molecule has 164 valence electrons. The monoisotopic (exact) mass is 459 g/mol. The van der Waals surface area contributed by atoms with Crippen molar-refractivity contribution in [1.29, 1.82) is 0 Å². The van der Waals surface area contributed by atoms with Gasteiger partial charge in [-0.05, 0) is 37.6 Å². The first-order valence-corrected chi connectivity index (χ1v) is 11.9. The number of sulfonamides is 1. The van der Waals surface area contributed by atoms with Crippen LogP contribution < -0.4 is 5.32 Å². The van der Waals surface area contributed by atoms with Gasteiger partial charge in [0.15, 0.2) is 11.0 Å². The molecule has 31 heavy (non-hydrogen) atoms. The first kappa shape index (κ1) is 23.0. The lowest BCUT2D eigenvalue weighted by molar-refractivity contribution is -0.115. The molecule has 0 aliphatic carbocycles. The summed E-state index contributed by atoms with van der Waals surface area (Å²) in [6, 6.07) is 14.1. The van der Waals surface area contributed by atoms with Gasteiger partial charge in [-0.2, -0.15) is 0 Å². The highest BCUT2D eigenvalue weighted by Gasteiger charge is 2.21. The summed E-state index contributed by atoms with van der Waals surface area (Å²) in [6.45, 7) is 3.78. The van der Waals surface area contributed by atoms with Crippen LogP contribution in [0.15, 0.2) is 58.6 Å². The minimum atomic E-state index is -3.58. The molecule has 0 radical (unpaired) electrons. The largest absolute Gasteiger partial charge is 0.325 e. The molecule has 0 fully saturated rings. The maximum Gasteiger partial charge on any atom is 0.242 e. The molecule has 3 rings (SSSR count). The van der Waals surface area contributed by atoms with E-state index in [1.807, 2.05) is 42.8 Å². The maximum atomic E-state index is 12.7. The number of amides is 1.